The lowest BCUT2D eigenvalue weighted by molar-refractivity contribution is -0.207. The monoisotopic (exact) mass is 434 g/mol. The lowest BCUT2D eigenvalue weighted by Crippen LogP contribution is -2.51. The maximum atomic E-state index is 14.9. The molecule has 1 aliphatic heterocycles. The molecule has 1 saturated heterocycles. The molecule has 3 N–H and O–H groups in total. The van der Waals surface area contributed by atoms with Gasteiger partial charge < -0.3 is 24.5 Å². The molecule has 0 saturated carbocycles. The van der Waals surface area contributed by atoms with Crippen LogP contribution >= 0.6 is 0 Å². The fourth-order valence-electron chi connectivity index (χ4n) is 2.73. The molecule has 164 valence electrons. The first-order valence-corrected chi connectivity index (χ1v) is 11.9. The second kappa shape index (κ2) is 7.76. The molecule has 10 nitrogen and oxygen atoms in total. The van der Waals surface area contributed by atoms with E-state index in [1.807, 2.05) is 33.9 Å². The zero-order valence-corrected chi connectivity index (χ0v) is 18.0. The molecule has 0 unspecified atom stereocenters. The summed E-state index contributed by atoms with van der Waals surface area (Å²) in [6.07, 6.45) is -3.80. The van der Waals surface area contributed by atoms with Gasteiger partial charge in [0.2, 0.25) is 0 Å². The summed E-state index contributed by atoms with van der Waals surface area (Å²) < 4.78 is 27.5. The Morgan fingerprint density at radius 3 is 2.45 bits per heavy atom. The molecule has 2 rings (SSSR count). The second-order valence-electron chi connectivity index (χ2n) is 8.56. The van der Waals surface area contributed by atoms with E-state index in [9.17, 15) is 29.0 Å². The minimum atomic E-state index is -2.90. The predicted molar refractivity (Wildman–Crippen MR) is 102 cm³/mol. The van der Waals surface area contributed by atoms with Gasteiger partial charge in [-0.05, 0) is 18.1 Å². The minimum absolute atomic E-state index is 0.328. The van der Waals surface area contributed by atoms with Crippen LogP contribution in [0.4, 0.5) is 4.39 Å². The van der Waals surface area contributed by atoms with Gasteiger partial charge in [0.1, 0.15) is 25.4 Å². The van der Waals surface area contributed by atoms with Gasteiger partial charge in [-0.15, -0.1) is 0 Å². The third-order valence-corrected chi connectivity index (χ3v) is 9.94. The molecule has 29 heavy (non-hydrogen) atoms. The van der Waals surface area contributed by atoms with Crippen molar-refractivity contribution in [3.8, 4) is 0 Å². The molecule has 0 amide bonds. The highest BCUT2D eigenvalue weighted by Crippen LogP contribution is 2.44. The van der Waals surface area contributed by atoms with E-state index < -0.39 is 63.0 Å². The summed E-state index contributed by atoms with van der Waals surface area (Å²) >= 11 is 0. The zero-order valence-electron chi connectivity index (χ0n) is 17.0. The van der Waals surface area contributed by atoms with E-state index in [-0.39, 0.29) is 5.04 Å². The van der Waals surface area contributed by atoms with Gasteiger partial charge in [0, 0.05) is 12.3 Å². The predicted octanol–water partition coefficient (Wildman–Crippen LogP) is 0.0328. The molecule has 2 heterocycles. The van der Waals surface area contributed by atoms with Crippen LogP contribution in [0.25, 0.3) is 0 Å². The Morgan fingerprint density at radius 2 is 1.97 bits per heavy atom. The van der Waals surface area contributed by atoms with Crippen LogP contribution in [0.1, 0.15) is 27.0 Å². The molecule has 4 atom stereocenters. The summed E-state index contributed by atoms with van der Waals surface area (Å²) in [6.45, 7) is 7.37. The highest BCUT2D eigenvalue weighted by atomic mass is 28.4. The first-order chi connectivity index (χ1) is 13.1. The summed E-state index contributed by atoms with van der Waals surface area (Å²) in [5, 5.41) is 28.5. The average Bonchev–Trinajstić information content (AvgIpc) is 2.83. The van der Waals surface area contributed by atoms with Crippen molar-refractivity contribution >= 4 is 14.3 Å². The van der Waals surface area contributed by atoms with Crippen LogP contribution in [-0.2, 0) is 20.5 Å². The first kappa shape index (κ1) is 23.4. The SMILES string of the molecule is CC(C)(C)[Si](C)(C)O[C@H]1[C@H](n2ccc(=O)n(CC(=O)O)c2=O)O[C@](F)(CO)[C@H]1O. The van der Waals surface area contributed by atoms with Gasteiger partial charge in [-0.2, -0.15) is 0 Å². The van der Waals surface area contributed by atoms with E-state index in [1.54, 1.807) is 0 Å². The van der Waals surface area contributed by atoms with E-state index in [1.165, 1.54) is 0 Å². The van der Waals surface area contributed by atoms with Crippen LogP contribution in [0.2, 0.25) is 18.1 Å². The van der Waals surface area contributed by atoms with Gasteiger partial charge in [-0.1, -0.05) is 20.8 Å². The fourth-order valence-corrected chi connectivity index (χ4v) is 4.01. The highest BCUT2D eigenvalue weighted by Gasteiger charge is 2.59. The second-order valence-corrected chi connectivity index (χ2v) is 13.3. The minimum Gasteiger partial charge on any atom is -0.480 e. The van der Waals surface area contributed by atoms with Crippen LogP contribution < -0.4 is 11.2 Å². The van der Waals surface area contributed by atoms with Crippen molar-refractivity contribution in [2.45, 2.75) is 69.7 Å². The average molecular weight is 434 g/mol. The van der Waals surface area contributed by atoms with Crippen molar-refractivity contribution in [1.29, 1.82) is 0 Å². The van der Waals surface area contributed by atoms with E-state index in [0.29, 0.717) is 4.57 Å². The molecule has 1 aliphatic rings. The number of hydrogen-bond donors (Lipinski definition) is 3. The number of aliphatic carboxylic acids is 1. The molecule has 12 heteroatoms. The number of carbonyl (C=O) groups is 1. The Balaban J connectivity index is 2.58. The first-order valence-electron chi connectivity index (χ1n) is 9.02. The molecule has 0 aliphatic carbocycles. The summed E-state index contributed by atoms with van der Waals surface area (Å²) in [6, 6.07) is 0.931. The number of alkyl halides is 1. The quantitative estimate of drug-likeness (QED) is 0.533. The van der Waals surface area contributed by atoms with Crippen LogP contribution in [-0.4, -0.2) is 63.4 Å². The molecule has 1 aromatic heterocycles. The van der Waals surface area contributed by atoms with Crippen molar-refractivity contribution in [2.75, 3.05) is 6.61 Å². The number of ether oxygens (including phenoxy) is 1. The zero-order chi connectivity index (χ0) is 22.4. The Morgan fingerprint density at radius 1 is 1.38 bits per heavy atom. The fraction of sp³-hybridized carbons (Fsp3) is 0.706. The molecule has 0 radical (unpaired) electrons. The lowest BCUT2D eigenvalue weighted by Gasteiger charge is -2.40. The number of aliphatic hydroxyl groups is 2. The van der Waals surface area contributed by atoms with Crippen LogP contribution in [0.3, 0.4) is 0 Å². The summed E-state index contributed by atoms with van der Waals surface area (Å²) in [7, 11) is -2.60. The molecule has 0 spiro atoms. The van der Waals surface area contributed by atoms with Crippen LogP contribution in [0.5, 0.6) is 0 Å². The molecular weight excluding hydrogens is 407 g/mol. The number of carboxylic acid groups (broad SMARTS) is 1. The van der Waals surface area contributed by atoms with Crippen LogP contribution in [0, 0.1) is 0 Å². The van der Waals surface area contributed by atoms with Crippen LogP contribution in [0.15, 0.2) is 21.9 Å². The van der Waals surface area contributed by atoms with Gasteiger partial charge in [0.25, 0.3) is 11.4 Å². The molecule has 1 aromatic rings. The number of rotatable bonds is 6. The standard InChI is InChI=1S/C17H27FN2O8Si/c1-16(2,3)29(4,5)28-12-13(25)17(18,9-21)27-14(12)19-7-6-10(22)20(15(19)26)8-11(23)24/h6-7,12-14,21,25H,8-9H2,1-5H3,(H,23,24)/t12-,13+,14-,17-/m1/s1. The normalized spacial score (nSPS) is 27.9. The topological polar surface area (TPSA) is 140 Å². The number of nitrogens with zero attached hydrogens (tertiary/aromatic N) is 2. The molecular formula is C17H27FN2O8Si. The number of carboxylic acids is 1. The van der Waals surface area contributed by atoms with E-state index in [0.717, 1.165) is 16.8 Å². The smallest absolute Gasteiger partial charge is 0.333 e. The molecule has 0 bridgehead atoms. The molecule has 0 aromatic carbocycles. The Kier molecular flexibility index (Phi) is 6.26. The van der Waals surface area contributed by atoms with E-state index >= 15 is 0 Å². The Hall–Kier alpha value is -1.86. The van der Waals surface area contributed by atoms with Gasteiger partial charge in [0.05, 0.1) is 0 Å². The van der Waals surface area contributed by atoms with Crippen molar-refractivity contribution in [3.63, 3.8) is 0 Å². The van der Waals surface area contributed by atoms with Gasteiger partial charge >= 0.3 is 11.7 Å². The number of hydrogen-bond acceptors (Lipinski definition) is 7. The van der Waals surface area contributed by atoms with E-state index in [2.05, 4.69) is 0 Å². The van der Waals surface area contributed by atoms with Crippen molar-refractivity contribution in [2.24, 2.45) is 0 Å². The van der Waals surface area contributed by atoms with E-state index in [4.69, 9.17) is 14.3 Å². The van der Waals surface area contributed by atoms with Gasteiger partial charge in [-0.3, -0.25) is 14.2 Å². The highest BCUT2D eigenvalue weighted by molar-refractivity contribution is 6.74. The summed E-state index contributed by atoms with van der Waals surface area (Å²) in [5.41, 5.74) is -1.93. The van der Waals surface area contributed by atoms with Crippen molar-refractivity contribution in [1.82, 2.24) is 9.13 Å². The van der Waals surface area contributed by atoms with Gasteiger partial charge in [0.15, 0.2) is 14.5 Å². The maximum Gasteiger partial charge on any atom is 0.333 e. The lowest BCUT2D eigenvalue weighted by atomic mass is 10.1. The third-order valence-electron chi connectivity index (χ3n) is 5.47. The Labute approximate surface area is 167 Å². The maximum absolute atomic E-state index is 14.9. The van der Waals surface area contributed by atoms with Crippen molar-refractivity contribution < 1.29 is 33.7 Å². The molecule has 1 fully saturated rings. The summed E-state index contributed by atoms with van der Waals surface area (Å²) in [4.78, 5) is 35.6. The largest absolute Gasteiger partial charge is 0.480 e. The Bertz CT molecular complexity index is 893. The number of aliphatic hydroxyl groups excluding tert-OH is 2. The summed E-state index contributed by atoms with van der Waals surface area (Å²) in [5.74, 6) is -4.32. The number of aromatic nitrogens is 2. The number of halogens is 1. The third kappa shape index (κ3) is 4.35. The van der Waals surface area contributed by atoms with Gasteiger partial charge in [-0.25, -0.2) is 13.8 Å². The van der Waals surface area contributed by atoms with Crippen molar-refractivity contribution in [3.05, 3.63) is 33.1 Å².